The highest BCUT2D eigenvalue weighted by Crippen LogP contribution is 2.25. The third-order valence-corrected chi connectivity index (χ3v) is 5.32. The van der Waals surface area contributed by atoms with E-state index < -0.39 is 29.0 Å². The average molecular weight is 346 g/mol. The molecule has 0 radical (unpaired) electrons. The van der Waals surface area contributed by atoms with E-state index in [-0.39, 0.29) is 39.4 Å². The van der Waals surface area contributed by atoms with Crippen molar-refractivity contribution in [1.29, 1.82) is 0 Å². The lowest BCUT2D eigenvalue weighted by Crippen LogP contribution is -2.58. The van der Waals surface area contributed by atoms with E-state index in [1.807, 2.05) is 0 Å². The van der Waals surface area contributed by atoms with Crippen LogP contribution in [0.1, 0.15) is 0 Å². The second kappa shape index (κ2) is 7.41. The first kappa shape index (κ1) is 17.9. The first-order valence-electron chi connectivity index (χ1n) is 7.15. The van der Waals surface area contributed by atoms with Gasteiger partial charge in [0, 0.05) is 45.8 Å². The molecule has 0 bridgehead atoms. The summed E-state index contributed by atoms with van der Waals surface area (Å²) < 4.78 is 71.9. The number of morpholine rings is 1. The third-order valence-electron chi connectivity index (χ3n) is 3.74. The molecule has 7 nitrogen and oxygen atoms in total. The highest BCUT2D eigenvalue weighted by Gasteiger charge is 2.44. The van der Waals surface area contributed by atoms with E-state index in [9.17, 15) is 21.6 Å². The van der Waals surface area contributed by atoms with Crippen molar-refractivity contribution in [3.8, 4) is 0 Å². The van der Waals surface area contributed by atoms with E-state index >= 15 is 0 Å². The van der Waals surface area contributed by atoms with Gasteiger partial charge in [-0.05, 0) is 0 Å². The Morgan fingerprint density at radius 2 is 1.73 bits per heavy atom. The molecule has 2 fully saturated rings. The molecule has 2 rings (SSSR count). The predicted molar refractivity (Wildman–Crippen MR) is 73.6 cm³/mol. The third kappa shape index (κ3) is 4.77. The molecule has 0 amide bonds. The molecule has 11 heteroatoms. The standard InChI is InChI=1S/C11H21F3N4O3S/c12-11(13,14)10(17-3-1-15-2-4-17)9-16-22(19,20)18-5-7-21-8-6-18/h10,15-16H,1-9H2. The van der Waals surface area contributed by atoms with E-state index in [0.29, 0.717) is 13.1 Å². The highest BCUT2D eigenvalue weighted by molar-refractivity contribution is 7.87. The van der Waals surface area contributed by atoms with Gasteiger partial charge in [0.2, 0.25) is 0 Å². The Morgan fingerprint density at radius 3 is 2.27 bits per heavy atom. The van der Waals surface area contributed by atoms with E-state index in [0.717, 1.165) is 4.31 Å². The van der Waals surface area contributed by atoms with Crippen LogP contribution in [0.5, 0.6) is 0 Å². The number of halogens is 3. The summed E-state index contributed by atoms with van der Waals surface area (Å²) in [6, 6.07) is -1.81. The van der Waals surface area contributed by atoms with Crippen molar-refractivity contribution in [3.05, 3.63) is 0 Å². The Bertz CT molecular complexity index is 448. The Balaban J connectivity index is 1.98. The Labute approximate surface area is 128 Å². The molecule has 2 aliphatic heterocycles. The van der Waals surface area contributed by atoms with Gasteiger partial charge in [-0.2, -0.15) is 25.9 Å². The minimum absolute atomic E-state index is 0.152. The minimum Gasteiger partial charge on any atom is -0.379 e. The van der Waals surface area contributed by atoms with Crippen molar-refractivity contribution in [2.24, 2.45) is 0 Å². The fraction of sp³-hybridized carbons (Fsp3) is 1.00. The van der Waals surface area contributed by atoms with Crippen LogP contribution in [-0.4, -0.2) is 88.9 Å². The molecular weight excluding hydrogens is 325 g/mol. The van der Waals surface area contributed by atoms with Gasteiger partial charge in [0.25, 0.3) is 10.2 Å². The maximum absolute atomic E-state index is 13.2. The number of hydrogen-bond acceptors (Lipinski definition) is 5. The summed E-state index contributed by atoms with van der Waals surface area (Å²) >= 11 is 0. The van der Waals surface area contributed by atoms with Crippen LogP contribution in [0.3, 0.4) is 0 Å². The summed E-state index contributed by atoms with van der Waals surface area (Å²) in [6.45, 7) is 1.53. The zero-order valence-corrected chi connectivity index (χ0v) is 12.9. The van der Waals surface area contributed by atoms with Crippen LogP contribution in [0.4, 0.5) is 13.2 Å². The maximum atomic E-state index is 13.2. The van der Waals surface area contributed by atoms with Crippen LogP contribution >= 0.6 is 0 Å². The van der Waals surface area contributed by atoms with Crippen LogP contribution in [0, 0.1) is 0 Å². The summed E-state index contributed by atoms with van der Waals surface area (Å²) in [5.41, 5.74) is 0. The molecule has 2 saturated heterocycles. The summed E-state index contributed by atoms with van der Waals surface area (Å²) in [7, 11) is -3.92. The number of nitrogens with zero attached hydrogens (tertiary/aromatic N) is 2. The quantitative estimate of drug-likeness (QED) is 0.667. The number of hydrogen-bond donors (Lipinski definition) is 2. The lowest BCUT2D eigenvalue weighted by atomic mass is 10.2. The molecule has 130 valence electrons. The molecule has 0 saturated carbocycles. The molecule has 2 heterocycles. The van der Waals surface area contributed by atoms with Crippen molar-refractivity contribution in [1.82, 2.24) is 19.2 Å². The van der Waals surface area contributed by atoms with Gasteiger partial charge in [-0.15, -0.1) is 0 Å². The van der Waals surface area contributed by atoms with E-state index in [1.54, 1.807) is 0 Å². The monoisotopic (exact) mass is 346 g/mol. The number of piperazine rings is 1. The van der Waals surface area contributed by atoms with Gasteiger partial charge < -0.3 is 10.1 Å². The normalized spacial score (nSPS) is 24.3. The topological polar surface area (TPSA) is 73.9 Å². The van der Waals surface area contributed by atoms with Crippen molar-refractivity contribution in [2.75, 3.05) is 59.0 Å². The Hall–Kier alpha value is -0.460. The molecule has 0 aromatic heterocycles. The second-order valence-electron chi connectivity index (χ2n) is 5.21. The van der Waals surface area contributed by atoms with E-state index in [4.69, 9.17) is 4.74 Å². The number of rotatable bonds is 5. The van der Waals surface area contributed by atoms with Crippen LogP contribution in [0.2, 0.25) is 0 Å². The van der Waals surface area contributed by atoms with Gasteiger partial charge in [0.1, 0.15) is 6.04 Å². The molecule has 1 unspecified atom stereocenters. The average Bonchev–Trinajstić information content (AvgIpc) is 2.48. The van der Waals surface area contributed by atoms with E-state index in [1.165, 1.54) is 4.90 Å². The van der Waals surface area contributed by atoms with Crippen molar-refractivity contribution in [3.63, 3.8) is 0 Å². The molecule has 0 aliphatic carbocycles. The molecule has 2 aliphatic rings. The van der Waals surface area contributed by atoms with E-state index in [2.05, 4.69) is 10.0 Å². The van der Waals surface area contributed by atoms with Crippen LogP contribution in [-0.2, 0) is 14.9 Å². The molecule has 0 aromatic rings. The summed E-state index contributed by atoms with van der Waals surface area (Å²) in [5.74, 6) is 0. The zero-order chi connectivity index (χ0) is 16.2. The Morgan fingerprint density at radius 1 is 1.14 bits per heavy atom. The van der Waals surface area contributed by atoms with Gasteiger partial charge in [0.15, 0.2) is 0 Å². The van der Waals surface area contributed by atoms with Gasteiger partial charge in [-0.1, -0.05) is 0 Å². The van der Waals surface area contributed by atoms with Gasteiger partial charge in [-0.25, -0.2) is 4.72 Å². The van der Waals surface area contributed by atoms with Crippen LogP contribution in [0.15, 0.2) is 0 Å². The zero-order valence-electron chi connectivity index (χ0n) is 12.1. The lowest BCUT2D eigenvalue weighted by Gasteiger charge is -2.36. The molecular formula is C11H21F3N4O3S. The van der Waals surface area contributed by atoms with Gasteiger partial charge in [-0.3, -0.25) is 4.90 Å². The summed E-state index contributed by atoms with van der Waals surface area (Å²) in [6.07, 6.45) is -4.48. The number of alkyl halides is 3. The molecule has 2 N–H and O–H groups in total. The van der Waals surface area contributed by atoms with Gasteiger partial charge in [0.05, 0.1) is 13.2 Å². The van der Waals surface area contributed by atoms with Crippen LogP contribution < -0.4 is 10.0 Å². The molecule has 0 aromatic carbocycles. The second-order valence-corrected chi connectivity index (χ2v) is 6.96. The number of ether oxygens (including phenoxy) is 1. The molecule has 22 heavy (non-hydrogen) atoms. The fourth-order valence-electron chi connectivity index (χ4n) is 2.51. The lowest BCUT2D eigenvalue weighted by molar-refractivity contribution is -0.182. The largest absolute Gasteiger partial charge is 0.405 e. The van der Waals surface area contributed by atoms with Gasteiger partial charge >= 0.3 is 6.18 Å². The van der Waals surface area contributed by atoms with Crippen molar-refractivity contribution in [2.45, 2.75) is 12.2 Å². The fourth-order valence-corrected chi connectivity index (χ4v) is 3.69. The first-order chi connectivity index (χ1) is 10.3. The summed E-state index contributed by atoms with van der Waals surface area (Å²) in [5, 5.41) is 2.98. The van der Waals surface area contributed by atoms with Crippen LogP contribution in [0.25, 0.3) is 0 Å². The van der Waals surface area contributed by atoms with Crippen molar-refractivity contribution >= 4 is 10.2 Å². The highest BCUT2D eigenvalue weighted by atomic mass is 32.2. The SMILES string of the molecule is O=S(=O)(NCC(N1CCNCC1)C(F)(F)F)N1CCOCC1. The molecule has 0 spiro atoms. The number of nitrogens with one attached hydrogen (secondary N) is 2. The minimum atomic E-state index is -4.48. The predicted octanol–water partition coefficient (Wildman–Crippen LogP) is -1.01. The Kier molecular flexibility index (Phi) is 6.02. The maximum Gasteiger partial charge on any atom is 0.405 e. The molecule has 1 atom stereocenters. The smallest absolute Gasteiger partial charge is 0.379 e. The first-order valence-corrected chi connectivity index (χ1v) is 8.59. The van der Waals surface area contributed by atoms with Crippen molar-refractivity contribution < 1.29 is 26.3 Å². The summed E-state index contributed by atoms with van der Waals surface area (Å²) in [4.78, 5) is 1.26.